The zero-order chi connectivity index (χ0) is 14.3. The third-order valence-corrected chi connectivity index (χ3v) is 3.88. The lowest BCUT2D eigenvalue weighted by Gasteiger charge is -2.04. The van der Waals surface area contributed by atoms with Crippen LogP contribution < -0.4 is 5.69 Å². The molecular formula is C14H8BrClN2O2. The summed E-state index contributed by atoms with van der Waals surface area (Å²) in [6.45, 7) is 0. The molecule has 2 N–H and O–H groups in total. The molecule has 0 saturated carbocycles. The maximum absolute atomic E-state index is 12.5. The van der Waals surface area contributed by atoms with Crippen molar-refractivity contribution >= 4 is 44.3 Å². The number of halogens is 2. The molecule has 0 aliphatic carbocycles. The molecule has 0 saturated heterocycles. The van der Waals surface area contributed by atoms with Crippen molar-refractivity contribution in [3.05, 3.63) is 67.5 Å². The van der Waals surface area contributed by atoms with E-state index < -0.39 is 0 Å². The minimum atomic E-state index is -0.298. The highest BCUT2D eigenvalue weighted by molar-refractivity contribution is 9.10. The molecule has 4 nitrogen and oxygen atoms in total. The van der Waals surface area contributed by atoms with E-state index in [1.807, 2.05) is 0 Å². The van der Waals surface area contributed by atoms with Gasteiger partial charge in [-0.15, -0.1) is 0 Å². The number of aromatic nitrogens is 2. The average Bonchev–Trinajstić information content (AvgIpc) is 2.79. The molecule has 0 amide bonds. The molecule has 1 heterocycles. The van der Waals surface area contributed by atoms with Gasteiger partial charge in [0.2, 0.25) is 0 Å². The molecule has 0 radical (unpaired) electrons. The number of aromatic amines is 2. The van der Waals surface area contributed by atoms with Gasteiger partial charge in [0.15, 0.2) is 5.78 Å². The number of imidazole rings is 1. The van der Waals surface area contributed by atoms with Crippen LogP contribution in [-0.2, 0) is 0 Å². The quantitative estimate of drug-likeness (QED) is 0.694. The Kier molecular flexibility index (Phi) is 3.23. The van der Waals surface area contributed by atoms with Crippen molar-refractivity contribution in [3.8, 4) is 0 Å². The fourth-order valence-electron chi connectivity index (χ4n) is 2.00. The Morgan fingerprint density at radius 3 is 2.60 bits per heavy atom. The fourth-order valence-corrected chi connectivity index (χ4v) is 2.60. The highest BCUT2D eigenvalue weighted by Crippen LogP contribution is 2.24. The Balaban J connectivity index is 2.12. The summed E-state index contributed by atoms with van der Waals surface area (Å²) in [4.78, 5) is 29.0. The van der Waals surface area contributed by atoms with Crippen molar-refractivity contribution in [1.82, 2.24) is 9.97 Å². The first-order valence-electron chi connectivity index (χ1n) is 5.76. The maximum atomic E-state index is 12.5. The van der Waals surface area contributed by atoms with Gasteiger partial charge >= 0.3 is 5.69 Å². The number of nitrogens with one attached hydrogen (secondary N) is 2. The largest absolute Gasteiger partial charge is 0.323 e. The predicted molar refractivity (Wildman–Crippen MR) is 81.5 cm³/mol. The lowest BCUT2D eigenvalue weighted by Crippen LogP contribution is -2.02. The Labute approximate surface area is 126 Å². The number of hydrogen-bond acceptors (Lipinski definition) is 2. The van der Waals surface area contributed by atoms with Crippen LogP contribution in [-0.4, -0.2) is 15.8 Å². The van der Waals surface area contributed by atoms with Gasteiger partial charge in [0.1, 0.15) is 0 Å². The summed E-state index contributed by atoms with van der Waals surface area (Å²) in [7, 11) is 0. The molecule has 3 aromatic rings. The number of ketones is 1. The Morgan fingerprint density at radius 2 is 1.80 bits per heavy atom. The zero-order valence-corrected chi connectivity index (χ0v) is 12.4. The second-order valence-electron chi connectivity index (χ2n) is 4.29. The van der Waals surface area contributed by atoms with Gasteiger partial charge in [0.05, 0.1) is 11.0 Å². The summed E-state index contributed by atoms with van der Waals surface area (Å²) in [6, 6.07) is 10.0. The van der Waals surface area contributed by atoms with Gasteiger partial charge in [0.25, 0.3) is 0 Å². The number of benzene rings is 2. The van der Waals surface area contributed by atoms with Gasteiger partial charge in [-0.05, 0) is 36.4 Å². The van der Waals surface area contributed by atoms with Crippen LogP contribution in [0.2, 0.25) is 5.02 Å². The minimum Gasteiger partial charge on any atom is -0.306 e. The van der Waals surface area contributed by atoms with Crippen LogP contribution in [0.3, 0.4) is 0 Å². The van der Waals surface area contributed by atoms with Crippen LogP contribution in [0.25, 0.3) is 11.0 Å². The summed E-state index contributed by atoms with van der Waals surface area (Å²) >= 11 is 9.26. The zero-order valence-electron chi connectivity index (χ0n) is 10.0. The van der Waals surface area contributed by atoms with Crippen LogP contribution in [0.15, 0.2) is 45.7 Å². The topological polar surface area (TPSA) is 65.7 Å². The Morgan fingerprint density at radius 1 is 1.05 bits per heavy atom. The monoisotopic (exact) mass is 350 g/mol. The summed E-state index contributed by atoms with van der Waals surface area (Å²) < 4.78 is 0.676. The third-order valence-electron chi connectivity index (χ3n) is 2.95. The standard InChI is InChI=1S/C14H8BrClN2O2/c15-10-3-2-8(16)6-9(10)13(19)7-1-4-11-12(5-7)18-14(20)17-11/h1-6H,(H2,17,18,20). The SMILES string of the molecule is O=C(c1ccc2[nH]c(=O)[nH]c2c1)c1cc(Cl)ccc1Br. The molecule has 20 heavy (non-hydrogen) atoms. The molecule has 6 heteroatoms. The maximum Gasteiger partial charge on any atom is 0.323 e. The van der Waals surface area contributed by atoms with Crippen molar-refractivity contribution in [2.75, 3.05) is 0 Å². The molecule has 0 fully saturated rings. The summed E-state index contributed by atoms with van der Waals surface area (Å²) in [5.74, 6) is -0.164. The molecule has 1 aromatic heterocycles. The van der Waals surface area contributed by atoms with Crippen molar-refractivity contribution in [2.24, 2.45) is 0 Å². The number of hydrogen-bond donors (Lipinski definition) is 2. The molecular weight excluding hydrogens is 344 g/mol. The first-order valence-corrected chi connectivity index (χ1v) is 6.93. The van der Waals surface area contributed by atoms with Crippen LogP contribution in [0.4, 0.5) is 0 Å². The first kappa shape index (κ1) is 13.1. The Bertz CT molecular complexity index is 882. The van der Waals surface area contributed by atoms with Crippen LogP contribution >= 0.6 is 27.5 Å². The third kappa shape index (κ3) is 2.30. The molecule has 0 spiro atoms. The number of carbonyl (C=O) groups is 1. The molecule has 3 rings (SSSR count). The molecule has 0 atom stereocenters. The first-order chi connectivity index (χ1) is 9.54. The Hall–Kier alpha value is -1.85. The molecule has 0 unspecified atom stereocenters. The molecule has 2 aromatic carbocycles. The molecule has 0 aliphatic rings. The summed E-state index contributed by atoms with van der Waals surface area (Å²) in [5, 5.41) is 0.493. The highest BCUT2D eigenvalue weighted by atomic mass is 79.9. The molecule has 0 bridgehead atoms. The summed E-state index contributed by atoms with van der Waals surface area (Å²) in [6.07, 6.45) is 0. The van der Waals surface area contributed by atoms with E-state index in [-0.39, 0.29) is 11.5 Å². The number of H-pyrrole nitrogens is 2. The van der Waals surface area contributed by atoms with E-state index in [0.29, 0.717) is 31.7 Å². The van der Waals surface area contributed by atoms with E-state index in [1.54, 1.807) is 36.4 Å². The van der Waals surface area contributed by atoms with Crippen LogP contribution in [0, 0.1) is 0 Å². The van der Waals surface area contributed by atoms with E-state index in [0.717, 1.165) is 0 Å². The van der Waals surface area contributed by atoms with Gasteiger partial charge < -0.3 is 9.97 Å². The lowest BCUT2D eigenvalue weighted by molar-refractivity contribution is 0.103. The van der Waals surface area contributed by atoms with Gasteiger partial charge in [-0.25, -0.2) is 4.79 Å². The molecule has 100 valence electrons. The van der Waals surface area contributed by atoms with E-state index in [4.69, 9.17) is 11.6 Å². The number of fused-ring (bicyclic) bond motifs is 1. The van der Waals surface area contributed by atoms with Gasteiger partial charge in [-0.3, -0.25) is 4.79 Å². The second-order valence-corrected chi connectivity index (χ2v) is 5.58. The second kappa shape index (κ2) is 4.92. The van der Waals surface area contributed by atoms with Crippen molar-refractivity contribution < 1.29 is 4.79 Å². The number of carbonyl (C=O) groups excluding carboxylic acids is 1. The van der Waals surface area contributed by atoms with Gasteiger partial charge in [-0.1, -0.05) is 27.5 Å². The summed E-state index contributed by atoms with van der Waals surface area (Å²) in [5.41, 5.74) is 1.93. The van der Waals surface area contributed by atoms with E-state index in [2.05, 4.69) is 25.9 Å². The van der Waals surface area contributed by atoms with E-state index >= 15 is 0 Å². The minimum absolute atomic E-state index is 0.164. The van der Waals surface area contributed by atoms with Crippen molar-refractivity contribution in [1.29, 1.82) is 0 Å². The van der Waals surface area contributed by atoms with Gasteiger partial charge in [-0.2, -0.15) is 0 Å². The average molecular weight is 352 g/mol. The molecule has 0 aliphatic heterocycles. The van der Waals surface area contributed by atoms with Crippen molar-refractivity contribution in [3.63, 3.8) is 0 Å². The normalized spacial score (nSPS) is 10.9. The van der Waals surface area contributed by atoms with Gasteiger partial charge in [0, 0.05) is 20.6 Å². The van der Waals surface area contributed by atoms with E-state index in [9.17, 15) is 9.59 Å². The van der Waals surface area contributed by atoms with Crippen molar-refractivity contribution in [2.45, 2.75) is 0 Å². The lowest BCUT2D eigenvalue weighted by atomic mass is 10.0. The highest BCUT2D eigenvalue weighted by Gasteiger charge is 2.14. The smallest absolute Gasteiger partial charge is 0.306 e. The number of rotatable bonds is 2. The van der Waals surface area contributed by atoms with Crippen LogP contribution in [0.1, 0.15) is 15.9 Å². The van der Waals surface area contributed by atoms with Crippen LogP contribution in [0.5, 0.6) is 0 Å². The fraction of sp³-hybridized carbons (Fsp3) is 0. The van der Waals surface area contributed by atoms with E-state index in [1.165, 1.54) is 0 Å². The predicted octanol–water partition coefficient (Wildman–Crippen LogP) is 3.50.